The average Bonchev–Trinajstić information content (AvgIpc) is 3.58. The van der Waals surface area contributed by atoms with Crippen LogP contribution in [0.4, 0.5) is 5.69 Å². The van der Waals surface area contributed by atoms with Gasteiger partial charge in [-0.15, -0.1) is 0 Å². The molecule has 1 spiro atoms. The van der Waals surface area contributed by atoms with Gasteiger partial charge in [0.05, 0.1) is 28.0 Å². The third-order valence-corrected chi connectivity index (χ3v) is 9.91. The van der Waals surface area contributed by atoms with Gasteiger partial charge in [0.2, 0.25) is 17.7 Å². The molecule has 3 saturated heterocycles. The Balaban J connectivity index is 1.26. The lowest BCUT2D eigenvalue weighted by molar-refractivity contribution is -0.141. The van der Waals surface area contributed by atoms with Crippen molar-refractivity contribution in [3.63, 3.8) is 0 Å². The molecule has 0 unspecified atom stereocenters. The van der Waals surface area contributed by atoms with Crippen LogP contribution in [0.25, 0.3) is 0 Å². The molecule has 210 valence electrons. The van der Waals surface area contributed by atoms with Gasteiger partial charge in [-0.25, -0.2) is 0 Å². The second-order valence-corrected chi connectivity index (χ2v) is 12.4. The number of likely N-dealkylation sites (tertiary alicyclic amines) is 2. The largest absolute Gasteiger partial charge is 0.359 e. The topological polar surface area (TPSA) is 91.0 Å². The van der Waals surface area contributed by atoms with Gasteiger partial charge >= 0.3 is 0 Å². The smallest absolute Gasteiger partial charge is 0.246 e. The van der Waals surface area contributed by atoms with Crippen LogP contribution >= 0.6 is 23.2 Å². The molecule has 0 radical (unpaired) electrons. The number of nitrogens with one attached hydrogen (secondary N) is 2. The van der Waals surface area contributed by atoms with Crippen molar-refractivity contribution in [2.75, 3.05) is 31.5 Å². The molecule has 1 saturated carbocycles. The van der Waals surface area contributed by atoms with Crippen molar-refractivity contribution in [1.82, 2.24) is 15.1 Å². The van der Waals surface area contributed by atoms with Crippen LogP contribution in [-0.2, 0) is 19.1 Å². The summed E-state index contributed by atoms with van der Waals surface area (Å²) in [6.07, 6.45) is 11.9. The zero-order valence-corrected chi connectivity index (χ0v) is 23.6. The van der Waals surface area contributed by atoms with Gasteiger partial charge < -0.3 is 25.2 Å². The maximum absolute atomic E-state index is 14.1. The van der Waals surface area contributed by atoms with E-state index in [1.165, 1.54) is 12.8 Å². The number of ether oxygens (including phenoxy) is 1. The van der Waals surface area contributed by atoms with E-state index >= 15 is 0 Å². The minimum absolute atomic E-state index is 0.108. The number of benzene rings is 1. The molecular formula is C29H36Cl2N4O4. The number of carbonyl (C=O) groups excluding carboxylic acids is 3. The fraction of sp³-hybridized carbons (Fsp3) is 0.621. The number of hydrogen-bond acceptors (Lipinski definition) is 5. The van der Waals surface area contributed by atoms with Crippen molar-refractivity contribution in [3.8, 4) is 0 Å². The van der Waals surface area contributed by atoms with E-state index < -0.39 is 29.6 Å². The molecule has 4 heterocycles. The molecule has 39 heavy (non-hydrogen) atoms. The summed E-state index contributed by atoms with van der Waals surface area (Å²) >= 11 is 12.2. The summed E-state index contributed by atoms with van der Waals surface area (Å²) < 4.78 is 6.46. The van der Waals surface area contributed by atoms with E-state index in [0.717, 1.165) is 51.6 Å². The van der Waals surface area contributed by atoms with Crippen LogP contribution in [-0.4, -0.2) is 77.5 Å². The lowest BCUT2D eigenvalue weighted by Crippen LogP contribution is -2.57. The SMILES string of the molecule is O=C(Nc1ccc(Cl)c(Cl)c1)[C@@H]1[C@@H]2C=C[C@]3(O2)[C@@H]1C(=O)N(CCN1CCCCC1)[C@H]3C(=O)NC1CCCCC1. The molecule has 8 nitrogen and oxygen atoms in total. The van der Waals surface area contributed by atoms with Crippen LogP contribution in [0.5, 0.6) is 0 Å². The molecule has 5 atom stereocenters. The van der Waals surface area contributed by atoms with Gasteiger partial charge in [0.25, 0.3) is 0 Å². The summed E-state index contributed by atoms with van der Waals surface area (Å²) in [7, 11) is 0. The fourth-order valence-electron chi connectivity index (χ4n) is 7.27. The van der Waals surface area contributed by atoms with Crippen molar-refractivity contribution >= 4 is 46.6 Å². The molecular weight excluding hydrogens is 539 g/mol. The number of piperidine rings is 1. The number of carbonyl (C=O) groups is 3. The highest BCUT2D eigenvalue weighted by Crippen LogP contribution is 2.55. The highest BCUT2D eigenvalue weighted by Gasteiger charge is 2.72. The van der Waals surface area contributed by atoms with Crippen LogP contribution in [0.2, 0.25) is 10.0 Å². The summed E-state index contributed by atoms with van der Waals surface area (Å²) in [4.78, 5) is 45.7. The van der Waals surface area contributed by atoms with Crippen LogP contribution in [0.3, 0.4) is 0 Å². The second-order valence-electron chi connectivity index (χ2n) is 11.6. The van der Waals surface area contributed by atoms with E-state index in [-0.39, 0.29) is 23.8 Å². The Morgan fingerprint density at radius 2 is 1.72 bits per heavy atom. The molecule has 2 N–H and O–H groups in total. The van der Waals surface area contributed by atoms with E-state index in [9.17, 15) is 14.4 Å². The lowest BCUT2D eigenvalue weighted by Gasteiger charge is -2.35. The van der Waals surface area contributed by atoms with Crippen LogP contribution in [0, 0.1) is 11.8 Å². The van der Waals surface area contributed by atoms with Crippen molar-refractivity contribution in [1.29, 1.82) is 0 Å². The standard InChI is InChI=1S/C29H36Cl2N4O4/c30-20-10-9-19(17-21(20)31)33-26(36)23-22-11-12-29(39-22)24(23)28(38)35(16-15-34-13-5-2-6-14-34)25(29)27(37)32-18-7-3-1-4-8-18/h9-12,17-18,22-25H,1-8,13-16H2,(H,32,37)(H,33,36)/t22-,23+,24-,25-,29-/m0/s1. The minimum Gasteiger partial charge on any atom is -0.359 e. The molecule has 4 fully saturated rings. The van der Waals surface area contributed by atoms with Gasteiger partial charge in [0.1, 0.15) is 11.6 Å². The Hall–Kier alpha value is -2.13. The number of hydrogen-bond donors (Lipinski definition) is 2. The van der Waals surface area contributed by atoms with E-state index in [2.05, 4.69) is 15.5 Å². The van der Waals surface area contributed by atoms with Crippen molar-refractivity contribution in [2.24, 2.45) is 11.8 Å². The first-order chi connectivity index (χ1) is 18.9. The Kier molecular flexibility index (Phi) is 7.66. The third-order valence-electron chi connectivity index (χ3n) is 9.17. The van der Waals surface area contributed by atoms with Crippen LogP contribution in [0.1, 0.15) is 51.4 Å². The molecule has 10 heteroatoms. The van der Waals surface area contributed by atoms with Gasteiger partial charge in [-0.05, 0) is 57.0 Å². The minimum atomic E-state index is -1.15. The molecule has 5 aliphatic rings. The highest BCUT2D eigenvalue weighted by atomic mass is 35.5. The van der Waals surface area contributed by atoms with Gasteiger partial charge in [-0.1, -0.05) is 61.0 Å². The monoisotopic (exact) mass is 574 g/mol. The van der Waals surface area contributed by atoms with Gasteiger partial charge in [-0.3, -0.25) is 14.4 Å². The maximum Gasteiger partial charge on any atom is 0.246 e. The van der Waals surface area contributed by atoms with Gasteiger partial charge in [0, 0.05) is 24.8 Å². The number of halogens is 2. The van der Waals surface area contributed by atoms with Crippen molar-refractivity contribution < 1.29 is 19.1 Å². The molecule has 1 aromatic rings. The predicted octanol–water partition coefficient (Wildman–Crippen LogP) is 4.02. The second kappa shape index (κ2) is 11.0. The van der Waals surface area contributed by atoms with Crippen molar-refractivity contribution in [3.05, 3.63) is 40.4 Å². The van der Waals surface area contributed by atoms with Crippen LogP contribution in [0.15, 0.2) is 30.4 Å². The molecule has 4 aliphatic heterocycles. The highest BCUT2D eigenvalue weighted by molar-refractivity contribution is 6.42. The molecule has 6 rings (SSSR count). The summed E-state index contributed by atoms with van der Waals surface area (Å²) in [6.45, 7) is 3.14. The summed E-state index contributed by atoms with van der Waals surface area (Å²) in [5.41, 5.74) is -0.656. The number of rotatable bonds is 7. The number of nitrogens with zero attached hydrogens (tertiary/aromatic N) is 2. The molecule has 2 bridgehead atoms. The van der Waals surface area contributed by atoms with Gasteiger partial charge in [0.15, 0.2) is 0 Å². The summed E-state index contributed by atoms with van der Waals surface area (Å²) in [5.74, 6) is -2.20. The molecule has 0 aromatic heterocycles. The first kappa shape index (κ1) is 27.1. The van der Waals surface area contributed by atoms with E-state index in [0.29, 0.717) is 28.8 Å². The van der Waals surface area contributed by atoms with Gasteiger partial charge in [-0.2, -0.15) is 0 Å². The fourth-order valence-corrected chi connectivity index (χ4v) is 7.56. The van der Waals surface area contributed by atoms with Crippen molar-refractivity contribution in [2.45, 2.75) is 75.2 Å². The Morgan fingerprint density at radius 3 is 2.46 bits per heavy atom. The molecule has 1 aliphatic carbocycles. The van der Waals surface area contributed by atoms with E-state index in [4.69, 9.17) is 27.9 Å². The Labute approximate surface area is 239 Å². The Morgan fingerprint density at radius 1 is 0.974 bits per heavy atom. The normalized spacial score (nSPS) is 32.5. The van der Waals surface area contributed by atoms with Crippen LogP contribution < -0.4 is 10.6 Å². The number of anilines is 1. The number of amides is 3. The zero-order valence-electron chi connectivity index (χ0n) is 22.0. The summed E-state index contributed by atoms with van der Waals surface area (Å²) in [6, 6.07) is 4.19. The third kappa shape index (κ3) is 4.98. The molecule has 1 aromatic carbocycles. The molecule has 3 amide bonds. The zero-order chi connectivity index (χ0) is 27.1. The number of fused-ring (bicyclic) bond motifs is 1. The average molecular weight is 576 g/mol. The predicted molar refractivity (Wildman–Crippen MR) is 150 cm³/mol. The quantitative estimate of drug-likeness (QED) is 0.480. The first-order valence-electron chi connectivity index (χ1n) is 14.3. The first-order valence-corrected chi connectivity index (χ1v) is 15.1. The lowest BCUT2D eigenvalue weighted by atomic mass is 9.74. The maximum atomic E-state index is 14.1. The summed E-state index contributed by atoms with van der Waals surface area (Å²) in [5, 5.41) is 6.87. The van der Waals surface area contributed by atoms with E-state index in [1.807, 2.05) is 12.2 Å². The Bertz CT molecular complexity index is 1170. The van der Waals surface area contributed by atoms with E-state index in [1.54, 1.807) is 23.1 Å².